The van der Waals surface area contributed by atoms with Gasteiger partial charge in [-0.3, -0.25) is 4.57 Å². The van der Waals surface area contributed by atoms with Gasteiger partial charge in [0.15, 0.2) is 0 Å². The molecule has 96 valence electrons. The summed E-state index contributed by atoms with van der Waals surface area (Å²) in [6, 6.07) is 0. The first-order valence-corrected chi connectivity index (χ1v) is 5.85. The van der Waals surface area contributed by atoms with Crippen LogP contribution in [-0.2, 0) is 0 Å². The predicted molar refractivity (Wildman–Crippen MR) is 66.7 cm³/mol. The van der Waals surface area contributed by atoms with Crippen molar-refractivity contribution in [1.82, 2.24) is 24.5 Å². The standard InChI is InChI=1S/C10H13ClN6O/c1-7(18)2-3-13-9-14-8(11)15-10(16-9)17-5-4-12-6-17/h4-7,18H,2-3H2,1H3,(H,13,14,15,16). The Morgan fingerprint density at radius 2 is 2.28 bits per heavy atom. The summed E-state index contributed by atoms with van der Waals surface area (Å²) in [6.07, 6.45) is 5.14. The molecule has 0 aliphatic rings. The molecule has 0 radical (unpaired) electrons. The molecule has 2 N–H and O–H groups in total. The van der Waals surface area contributed by atoms with E-state index in [4.69, 9.17) is 16.7 Å². The molecule has 2 aromatic rings. The van der Waals surface area contributed by atoms with Crippen LogP contribution in [0.4, 0.5) is 5.95 Å². The molecule has 0 spiro atoms. The first-order valence-electron chi connectivity index (χ1n) is 5.47. The molecule has 0 bridgehead atoms. The van der Waals surface area contributed by atoms with Gasteiger partial charge in [0.2, 0.25) is 17.2 Å². The maximum absolute atomic E-state index is 9.16. The molecule has 0 aliphatic carbocycles. The fourth-order valence-corrected chi connectivity index (χ4v) is 1.46. The van der Waals surface area contributed by atoms with E-state index in [1.165, 1.54) is 0 Å². The second kappa shape index (κ2) is 5.74. The van der Waals surface area contributed by atoms with E-state index in [1.54, 1.807) is 30.2 Å². The molecule has 2 aromatic heterocycles. The summed E-state index contributed by atoms with van der Waals surface area (Å²) < 4.78 is 1.63. The lowest BCUT2D eigenvalue weighted by Gasteiger charge is -2.07. The number of halogens is 1. The predicted octanol–water partition coefficient (Wildman–Crippen LogP) is 0.893. The lowest BCUT2D eigenvalue weighted by molar-refractivity contribution is 0.188. The van der Waals surface area contributed by atoms with E-state index in [-0.39, 0.29) is 11.4 Å². The molecule has 7 nitrogen and oxygen atoms in total. The van der Waals surface area contributed by atoms with Crippen LogP contribution in [0, 0.1) is 0 Å². The summed E-state index contributed by atoms with van der Waals surface area (Å²) in [5.41, 5.74) is 0. The summed E-state index contributed by atoms with van der Waals surface area (Å²) in [6.45, 7) is 2.28. The smallest absolute Gasteiger partial charge is 0.241 e. The normalized spacial score (nSPS) is 12.4. The van der Waals surface area contributed by atoms with Gasteiger partial charge in [0.1, 0.15) is 6.33 Å². The topological polar surface area (TPSA) is 88.8 Å². The third-order valence-corrected chi connectivity index (χ3v) is 2.35. The Hall–Kier alpha value is -1.73. The zero-order valence-electron chi connectivity index (χ0n) is 9.78. The molecule has 0 aliphatic heterocycles. The molecule has 8 heteroatoms. The number of nitrogens with zero attached hydrogens (tertiary/aromatic N) is 5. The summed E-state index contributed by atoms with van der Waals surface area (Å²) in [5, 5.41) is 12.2. The monoisotopic (exact) mass is 268 g/mol. The number of aliphatic hydroxyl groups is 1. The Morgan fingerprint density at radius 3 is 2.94 bits per heavy atom. The maximum atomic E-state index is 9.16. The molecule has 0 saturated carbocycles. The molecule has 0 amide bonds. The van der Waals surface area contributed by atoms with E-state index in [2.05, 4.69) is 25.3 Å². The minimum atomic E-state index is -0.372. The van der Waals surface area contributed by atoms with Gasteiger partial charge in [-0.25, -0.2) is 4.98 Å². The van der Waals surface area contributed by atoms with E-state index in [0.29, 0.717) is 24.9 Å². The number of aromatic nitrogens is 5. The lowest BCUT2D eigenvalue weighted by atomic mass is 10.3. The molecular weight excluding hydrogens is 256 g/mol. The Morgan fingerprint density at radius 1 is 1.44 bits per heavy atom. The van der Waals surface area contributed by atoms with Crippen LogP contribution in [0.15, 0.2) is 18.7 Å². The Kier molecular flexibility index (Phi) is 4.06. The highest BCUT2D eigenvalue weighted by molar-refractivity contribution is 6.28. The number of hydrogen-bond donors (Lipinski definition) is 2. The van der Waals surface area contributed by atoms with Crippen LogP contribution in [0.5, 0.6) is 0 Å². The van der Waals surface area contributed by atoms with Gasteiger partial charge in [-0.05, 0) is 24.9 Å². The van der Waals surface area contributed by atoms with Gasteiger partial charge in [-0.2, -0.15) is 15.0 Å². The number of hydrogen-bond acceptors (Lipinski definition) is 6. The highest BCUT2D eigenvalue weighted by atomic mass is 35.5. The zero-order valence-corrected chi connectivity index (χ0v) is 10.5. The fourth-order valence-electron chi connectivity index (χ4n) is 1.30. The van der Waals surface area contributed by atoms with Gasteiger partial charge in [0, 0.05) is 18.9 Å². The van der Waals surface area contributed by atoms with Gasteiger partial charge < -0.3 is 10.4 Å². The van der Waals surface area contributed by atoms with E-state index in [9.17, 15) is 0 Å². The van der Waals surface area contributed by atoms with E-state index >= 15 is 0 Å². The van der Waals surface area contributed by atoms with Crippen LogP contribution in [-0.4, -0.2) is 42.3 Å². The van der Waals surface area contributed by atoms with Crippen LogP contribution >= 0.6 is 11.6 Å². The molecule has 0 fully saturated rings. The van der Waals surface area contributed by atoms with Crippen LogP contribution in [0.25, 0.3) is 5.95 Å². The molecular formula is C10H13ClN6O. The van der Waals surface area contributed by atoms with E-state index < -0.39 is 0 Å². The number of rotatable bonds is 5. The van der Waals surface area contributed by atoms with Crippen LogP contribution in [0.3, 0.4) is 0 Å². The van der Waals surface area contributed by atoms with Crippen molar-refractivity contribution in [2.24, 2.45) is 0 Å². The van der Waals surface area contributed by atoms with Gasteiger partial charge in [-0.1, -0.05) is 0 Å². The van der Waals surface area contributed by atoms with Gasteiger partial charge in [0.05, 0.1) is 6.10 Å². The van der Waals surface area contributed by atoms with Crippen molar-refractivity contribution in [1.29, 1.82) is 0 Å². The summed E-state index contributed by atoms with van der Waals surface area (Å²) in [4.78, 5) is 16.1. The summed E-state index contributed by atoms with van der Waals surface area (Å²) in [5.74, 6) is 0.770. The van der Waals surface area contributed by atoms with Crippen molar-refractivity contribution >= 4 is 17.5 Å². The SMILES string of the molecule is CC(O)CCNc1nc(Cl)nc(-n2ccnc2)n1. The third kappa shape index (κ3) is 3.38. The number of aliphatic hydroxyl groups excluding tert-OH is 1. The van der Waals surface area contributed by atoms with Gasteiger partial charge >= 0.3 is 0 Å². The summed E-state index contributed by atoms with van der Waals surface area (Å²) >= 11 is 5.82. The maximum Gasteiger partial charge on any atom is 0.241 e. The highest BCUT2D eigenvalue weighted by Gasteiger charge is 2.06. The zero-order chi connectivity index (χ0) is 13.0. The van der Waals surface area contributed by atoms with Crippen molar-refractivity contribution < 1.29 is 5.11 Å². The fraction of sp³-hybridized carbons (Fsp3) is 0.400. The molecule has 1 atom stereocenters. The van der Waals surface area contributed by atoms with Crippen LogP contribution in [0.2, 0.25) is 5.28 Å². The minimum Gasteiger partial charge on any atom is -0.393 e. The largest absolute Gasteiger partial charge is 0.393 e. The Bertz CT molecular complexity index is 501. The molecule has 2 rings (SSSR count). The second-order valence-electron chi connectivity index (χ2n) is 3.76. The van der Waals surface area contributed by atoms with Gasteiger partial charge in [0.25, 0.3) is 0 Å². The molecule has 0 saturated heterocycles. The number of anilines is 1. The summed E-state index contributed by atoms with van der Waals surface area (Å²) in [7, 11) is 0. The molecule has 1 unspecified atom stereocenters. The quantitative estimate of drug-likeness (QED) is 0.837. The van der Waals surface area contributed by atoms with E-state index in [1.807, 2.05) is 0 Å². The average Bonchev–Trinajstić information content (AvgIpc) is 2.81. The molecule has 18 heavy (non-hydrogen) atoms. The van der Waals surface area contributed by atoms with E-state index in [0.717, 1.165) is 0 Å². The first kappa shape index (κ1) is 12.7. The highest BCUT2D eigenvalue weighted by Crippen LogP contribution is 2.09. The van der Waals surface area contributed by atoms with Crippen molar-refractivity contribution in [3.05, 3.63) is 24.0 Å². The van der Waals surface area contributed by atoms with Gasteiger partial charge in [-0.15, -0.1) is 0 Å². The average molecular weight is 269 g/mol. The van der Waals surface area contributed by atoms with Crippen LogP contribution < -0.4 is 5.32 Å². The number of nitrogens with one attached hydrogen (secondary N) is 1. The van der Waals surface area contributed by atoms with Crippen molar-refractivity contribution in [2.45, 2.75) is 19.4 Å². The Labute approximate surface area is 109 Å². The first-order chi connectivity index (χ1) is 8.65. The van der Waals surface area contributed by atoms with Crippen molar-refractivity contribution in [3.8, 4) is 5.95 Å². The minimum absolute atomic E-state index is 0.105. The third-order valence-electron chi connectivity index (χ3n) is 2.18. The lowest BCUT2D eigenvalue weighted by Crippen LogP contribution is -2.13. The Balaban J connectivity index is 2.12. The molecule has 0 aromatic carbocycles. The van der Waals surface area contributed by atoms with Crippen molar-refractivity contribution in [2.75, 3.05) is 11.9 Å². The van der Waals surface area contributed by atoms with Crippen LogP contribution in [0.1, 0.15) is 13.3 Å². The second-order valence-corrected chi connectivity index (χ2v) is 4.10. The van der Waals surface area contributed by atoms with Crippen molar-refractivity contribution in [3.63, 3.8) is 0 Å². The molecule has 2 heterocycles. The number of imidazole rings is 1.